The average molecular weight is 303 g/mol. The number of nitriles is 1. The largest absolute Gasteiger partial charge is 0.450 e. The quantitative estimate of drug-likeness (QED) is 0.616. The molecule has 106 valence electrons. The smallest absolute Gasteiger partial charge is 0.312 e. The van der Waals surface area contributed by atoms with E-state index >= 15 is 0 Å². The Hall–Kier alpha value is -2.58. The van der Waals surface area contributed by atoms with Crippen molar-refractivity contribution in [2.75, 3.05) is 0 Å². The van der Waals surface area contributed by atoms with Crippen LogP contribution in [-0.4, -0.2) is 4.92 Å². The Balaban J connectivity index is 2.45. The molecule has 0 aromatic heterocycles. The van der Waals surface area contributed by atoms with Gasteiger partial charge in [0.05, 0.1) is 16.6 Å². The van der Waals surface area contributed by atoms with Crippen molar-refractivity contribution >= 4 is 17.3 Å². The van der Waals surface area contributed by atoms with Gasteiger partial charge in [0.15, 0.2) is 0 Å². The van der Waals surface area contributed by atoms with E-state index in [0.29, 0.717) is 10.8 Å². The minimum Gasteiger partial charge on any atom is -0.450 e. The van der Waals surface area contributed by atoms with Crippen LogP contribution in [0.1, 0.15) is 16.7 Å². The monoisotopic (exact) mass is 302 g/mol. The molecule has 0 aliphatic carbocycles. The molecule has 0 fully saturated rings. The van der Waals surface area contributed by atoms with E-state index in [-0.39, 0.29) is 17.0 Å². The molecular formula is C15H11ClN2O3. The van der Waals surface area contributed by atoms with Crippen LogP contribution in [0.2, 0.25) is 5.02 Å². The second-order valence-electron chi connectivity index (χ2n) is 4.52. The minimum absolute atomic E-state index is 0.0834. The Labute approximate surface area is 126 Å². The summed E-state index contributed by atoms with van der Waals surface area (Å²) in [5.74, 6) is 0.544. The fraction of sp³-hybridized carbons (Fsp3) is 0.133. The highest BCUT2D eigenvalue weighted by atomic mass is 35.5. The van der Waals surface area contributed by atoms with Gasteiger partial charge < -0.3 is 4.74 Å². The third kappa shape index (κ3) is 3.12. The van der Waals surface area contributed by atoms with Crippen LogP contribution in [0.4, 0.5) is 5.69 Å². The van der Waals surface area contributed by atoms with Gasteiger partial charge in [0.2, 0.25) is 5.75 Å². The maximum absolute atomic E-state index is 11.1. The third-order valence-corrected chi connectivity index (χ3v) is 3.52. The number of ether oxygens (including phenoxy) is 1. The van der Waals surface area contributed by atoms with E-state index in [1.807, 2.05) is 19.9 Å². The number of nitrogens with zero attached hydrogens (tertiary/aromatic N) is 2. The molecular weight excluding hydrogens is 292 g/mol. The predicted molar refractivity (Wildman–Crippen MR) is 78.8 cm³/mol. The number of halogens is 1. The highest BCUT2D eigenvalue weighted by Crippen LogP contribution is 2.34. The van der Waals surface area contributed by atoms with Crippen molar-refractivity contribution in [3.05, 3.63) is 62.2 Å². The number of hydrogen-bond donors (Lipinski definition) is 0. The first-order valence-corrected chi connectivity index (χ1v) is 6.43. The normalized spacial score (nSPS) is 10.0. The third-order valence-electron chi connectivity index (χ3n) is 2.92. The Bertz CT molecular complexity index is 743. The zero-order valence-corrected chi connectivity index (χ0v) is 12.1. The average Bonchev–Trinajstić information content (AvgIpc) is 2.44. The lowest BCUT2D eigenvalue weighted by atomic mass is 10.1. The van der Waals surface area contributed by atoms with Gasteiger partial charge in [-0.25, -0.2) is 0 Å². The van der Waals surface area contributed by atoms with Crippen LogP contribution in [0.5, 0.6) is 11.5 Å². The summed E-state index contributed by atoms with van der Waals surface area (Å²) in [4.78, 5) is 10.5. The van der Waals surface area contributed by atoms with Crippen LogP contribution in [0.15, 0.2) is 30.3 Å². The van der Waals surface area contributed by atoms with Gasteiger partial charge in [-0.2, -0.15) is 5.26 Å². The first kappa shape index (κ1) is 14.8. The molecule has 2 aromatic carbocycles. The Morgan fingerprint density at radius 1 is 1.24 bits per heavy atom. The van der Waals surface area contributed by atoms with E-state index in [2.05, 4.69) is 0 Å². The first-order chi connectivity index (χ1) is 9.92. The Morgan fingerprint density at radius 3 is 2.38 bits per heavy atom. The van der Waals surface area contributed by atoms with Gasteiger partial charge in [0, 0.05) is 11.1 Å². The summed E-state index contributed by atoms with van der Waals surface area (Å²) in [5, 5.41) is 20.5. The van der Waals surface area contributed by atoms with Gasteiger partial charge in [0.1, 0.15) is 5.75 Å². The Kier molecular flexibility index (Phi) is 4.10. The van der Waals surface area contributed by atoms with Crippen LogP contribution >= 0.6 is 11.6 Å². The molecule has 0 aliphatic rings. The molecule has 0 heterocycles. The molecule has 0 radical (unpaired) electrons. The van der Waals surface area contributed by atoms with Gasteiger partial charge in [-0.1, -0.05) is 11.6 Å². The molecule has 0 atom stereocenters. The maximum Gasteiger partial charge on any atom is 0.312 e. The van der Waals surface area contributed by atoms with Crippen LogP contribution in [0.3, 0.4) is 0 Å². The van der Waals surface area contributed by atoms with Crippen molar-refractivity contribution < 1.29 is 9.66 Å². The molecule has 0 unspecified atom stereocenters. The number of nitro groups is 1. The lowest BCUT2D eigenvalue weighted by molar-refractivity contribution is -0.385. The Morgan fingerprint density at radius 2 is 1.86 bits per heavy atom. The zero-order valence-electron chi connectivity index (χ0n) is 11.4. The van der Waals surface area contributed by atoms with Crippen LogP contribution < -0.4 is 4.74 Å². The number of nitro benzene ring substituents is 1. The molecule has 5 nitrogen and oxygen atoms in total. The summed E-state index contributed by atoms with van der Waals surface area (Å²) in [6.07, 6.45) is 0. The van der Waals surface area contributed by atoms with Crippen LogP contribution in [0.25, 0.3) is 0 Å². The van der Waals surface area contributed by atoms with Gasteiger partial charge in [-0.05, 0) is 49.2 Å². The van der Waals surface area contributed by atoms with Crippen molar-refractivity contribution in [3.63, 3.8) is 0 Å². The fourth-order valence-corrected chi connectivity index (χ4v) is 2.02. The molecule has 2 aromatic rings. The van der Waals surface area contributed by atoms with Gasteiger partial charge >= 0.3 is 5.69 Å². The summed E-state index contributed by atoms with van der Waals surface area (Å²) in [5.41, 5.74) is 1.60. The molecule has 0 saturated heterocycles. The highest BCUT2D eigenvalue weighted by molar-refractivity contribution is 6.32. The number of benzene rings is 2. The molecule has 2 rings (SSSR count). The minimum atomic E-state index is -0.578. The summed E-state index contributed by atoms with van der Waals surface area (Å²) < 4.78 is 5.58. The van der Waals surface area contributed by atoms with Crippen LogP contribution in [0, 0.1) is 35.3 Å². The van der Waals surface area contributed by atoms with Crippen molar-refractivity contribution in [2.24, 2.45) is 0 Å². The van der Waals surface area contributed by atoms with E-state index in [1.165, 1.54) is 18.2 Å². The standard InChI is InChI=1S/C15H11ClN2O3/c1-9-5-12(6-10(2)15(9)16)21-14-4-3-11(8-17)7-13(14)18(19)20/h3-7H,1-2H3. The van der Waals surface area contributed by atoms with Crippen molar-refractivity contribution in [3.8, 4) is 17.6 Å². The summed E-state index contributed by atoms with van der Waals surface area (Å²) in [6, 6.07) is 9.34. The van der Waals surface area contributed by atoms with E-state index in [4.69, 9.17) is 21.6 Å². The summed E-state index contributed by atoms with van der Waals surface area (Å²) >= 11 is 6.07. The van der Waals surface area contributed by atoms with Gasteiger partial charge in [-0.15, -0.1) is 0 Å². The van der Waals surface area contributed by atoms with Crippen molar-refractivity contribution in [1.29, 1.82) is 5.26 Å². The predicted octanol–water partition coefficient (Wildman–Crippen LogP) is 4.53. The SMILES string of the molecule is Cc1cc(Oc2ccc(C#N)cc2[N+](=O)[O-])cc(C)c1Cl. The van der Waals surface area contributed by atoms with Crippen LogP contribution in [-0.2, 0) is 0 Å². The fourth-order valence-electron chi connectivity index (χ4n) is 1.91. The first-order valence-electron chi connectivity index (χ1n) is 6.05. The molecule has 0 spiro atoms. The van der Waals surface area contributed by atoms with Crippen molar-refractivity contribution in [2.45, 2.75) is 13.8 Å². The molecule has 0 amide bonds. The number of rotatable bonds is 3. The maximum atomic E-state index is 11.1. The molecule has 0 bridgehead atoms. The molecule has 6 heteroatoms. The second-order valence-corrected chi connectivity index (χ2v) is 4.90. The van der Waals surface area contributed by atoms with E-state index in [9.17, 15) is 10.1 Å². The summed E-state index contributed by atoms with van der Waals surface area (Å²) in [7, 11) is 0. The van der Waals surface area contributed by atoms with Gasteiger partial charge in [0.25, 0.3) is 0 Å². The summed E-state index contributed by atoms with van der Waals surface area (Å²) in [6.45, 7) is 3.66. The highest BCUT2D eigenvalue weighted by Gasteiger charge is 2.17. The molecule has 0 N–H and O–H groups in total. The number of hydrogen-bond acceptors (Lipinski definition) is 4. The lowest BCUT2D eigenvalue weighted by Crippen LogP contribution is -1.95. The van der Waals surface area contributed by atoms with E-state index < -0.39 is 4.92 Å². The zero-order chi connectivity index (χ0) is 15.6. The lowest BCUT2D eigenvalue weighted by Gasteiger charge is -2.10. The molecule has 0 saturated carbocycles. The van der Waals surface area contributed by atoms with E-state index in [1.54, 1.807) is 12.1 Å². The van der Waals surface area contributed by atoms with Crippen molar-refractivity contribution in [1.82, 2.24) is 0 Å². The molecule has 0 aliphatic heterocycles. The van der Waals surface area contributed by atoms with Gasteiger partial charge in [-0.3, -0.25) is 10.1 Å². The van der Waals surface area contributed by atoms with E-state index in [0.717, 1.165) is 11.1 Å². The second kappa shape index (κ2) is 5.81. The topological polar surface area (TPSA) is 76.2 Å². The number of aryl methyl sites for hydroxylation is 2. The molecule has 21 heavy (non-hydrogen) atoms.